The van der Waals surface area contributed by atoms with Crippen molar-refractivity contribution < 1.29 is 9.53 Å². The van der Waals surface area contributed by atoms with Crippen molar-refractivity contribution in [2.45, 2.75) is 57.1 Å². The average molecular weight is 263 g/mol. The summed E-state index contributed by atoms with van der Waals surface area (Å²) < 4.78 is 5.59. The van der Waals surface area contributed by atoms with Crippen LogP contribution in [0.3, 0.4) is 0 Å². The zero-order valence-electron chi connectivity index (χ0n) is 11.9. The van der Waals surface area contributed by atoms with Crippen molar-refractivity contribution in [1.82, 2.24) is 4.90 Å². The molecular weight excluding hydrogens is 238 g/mol. The van der Waals surface area contributed by atoms with Gasteiger partial charge in [-0.15, -0.1) is 0 Å². The van der Waals surface area contributed by atoms with E-state index in [2.05, 4.69) is 4.90 Å². The Morgan fingerprint density at radius 2 is 1.68 bits per heavy atom. The minimum absolute atomic E-state index is 0.137. The first-order valence-electron chi connectivity index (χ1n) is 8.10. The number of likely N-dealkylation sites (N-methyl/N-ethyl adjacent to an activating group) is 1. The average Bonchev–Trinajstić information content (AvgIpc) is 2.90. The fraction of sp³-hybridized carbons (Fsp3) is 0.938. The topological polar surface area (TPSA) is 29.5 Å². The molecule has 3 nitrogen and oxygen atoms in total. The lowest BCUT2D eigenvalue weighted by molar-refractivity contribution is -0.150. The molecule has 4 bridgehead atoms. The van der Waals surface area contributed by atoms with Crippen LogP contribution in [0.15, 0.2) is 0 Å². The highest BCUT2D eigenvalue weighted by atomic mass is 16.5. The molecule has 1 atom stereocenters. The Balaban J connectivity index is 1.50. The standard InChI is InChI=1S/C16H25NO2/c1-17(16(18)14-3-2-4-19-14)15-12-6-10-5-11(8-12)9-13(15)7-10/h10-15H,2-9H2,1H3/t10?,11?,12?,13?,14-,15?/m0/s1. The molecule has 0 aromatic heterocycles. The third-order valence-corrected chi connectivity index (χ3v) is 6.18. The van der Waals surface area contributed by atoms with Crippen molar-refractivity contribution in [2.24, 2.45) is 23.7 Å². The van der Waals surface area contributed by atoms with E-state index in [0.29, 0.717) is 6.04 Å². The van der Waals surface area contributed by atoms with E-state index in [9.17, 15) is 4.79 Å². The Kier molecular flexibility index (Phi) is 2.87. The molecule has 4 aliphatic carbocycles. The summed E-state index contributed by atoms with van der Waals surface area (Å²) in [4.78, 5) is 14.7. The SMILES string of the molecule is CN(C(=O)[C@@H]1CCCO1)C1C2CC3CC(C2)CC1C3. The zero-order valence-corrected chi connectivity index (χ0v) is 11.9. The number of nitrogens with zero attached hydrogens (tertiary/aromatic N) is 1. The van der Waals surface area contributed by atoms with Gasteiger partial charge in [0.25, 0.3) is 5.91 Å². The van der Waals surface area contributed by atoms with Crippen LogP contribution in [-0.2, 0) is 9.53 Å². The number of carbonyl (C=O) groups excluding carboxylic acids is 1. The van der Waals surface area contributed by atoms with Crippen LogP contribution in [0.5, 0.6) is 0 Å². The van der Waals surface area contributed by atoms with Crippen LogP contribution < -0.4 is 0 Å². The number of hydrogen-bond acceptors (Lipinski definition) is 2. The first-order valence-corrected chi connectivity index (χ1v) is 8.10. The van der Waals surface area contributed by atoms with Gasteiger partial charge in [0.05, 0.1) is 0 Å². The fourth-order valence-corrected chi connectivity index (χ4v) is 5.68. The van der Waals surface area contributed by atoms with Gasteiger partial charge in [0.1, 0.15) is 6.10 Å². The van der Waals surface area contributed by atoms with Crippen LogP contribution in [0, 0.1) is 23.7 Å². The Morgan fingerprint density at radius 1 is 1.05 bits per heavy atom. The summed E-state index contributed by atoms with van der Waals surface area (Å²) in [6.07, 6.45) is 8.82. The summed E-state index contributed by atoms with van der Waals surface area (Å²) in [5.41, 5.74) is 0. The number of amides is 1. The van der Waals surface area contributed by atoms with Gasteiger partial charge in [-0.2, -0.15) is 0 Å². The maximum absolute atomic E-state index is 12.6. The van der Waals surface area contributed by atoms with Gasteiger partial charge in [-0.25, -0.2) is 0 Å². The lowest BCUT2D eigenvalue weighted by atomic mass is 9.54. The van der Waals surface area contributed by atoms with Crippen molar-refractivity contribution in [3.05, 3.63) is 0 Å². The van der Waals surface area contributed by atoms with Crippen molar-refractivity contribution in [1.29, 1.82) is 0 Å². The Labute approximate surface area is 115 Å². The van der Waals surface area contributed by atoms with Crippen molar-refractivity contribution in [3.63, 3.8) is 0 Å². The van der Waals surface area contributed by atoms with Crippen molar-refractivity contribution in [2.75, 3.05) is 13.7 Å². The monoisotopic (exact) mass is 263 g/mol. The van der Waals surface area contributed by atoms with Crippen molar-refractivity contribution in [3.8, 4) is 0 Å². The van der Waals surface area contributed by atoms with E-state index in [0.717, 1.165) is 43.1 Å². The van der Waals surface area contributed by atoms with Gasteiger partial charge in [-0.1, -0.05) is 0 Å². The Bertz CT molecular complexity index is 347. The molecule has 106 valence electrons. The first kappa shape index (κ1) is 12.2. The zero-order chi connectivity index (χ0) is 13.0. The third-order valence-electron chi connectivity index (χ3n) is 6.18. The van der Waals surface area contributed by atoms with Gasteiger partial charge in [0.2, 0.25) is 0 Å². The van der Waals surface area contributed by atoms with Crippen LogP contribution in [0.25, 0.3) is 0 Å². The summed E-state index contributed by atoms with van der Waals surface area (Å²) in [6.45, 7) is 0.770. The second-order valence-electron chi connectivity index (χ2n) is 7.37. The number of carbonyl (C=O) groups is 1. The summed E-state index contributed by atoms with van der Waals surface area (Å²) in [5.74, 6) is 3.78. The molecule has 1 heterocycles. The van der Waals surface area contributed by atoms with Crippen LogP contribution in [0.4, 0.5) is 0 Å². The number of rotatable bonds is 2. The molecule has 0 aromatic carbocycles. The number of ether oxygens (including phenoxy) is 1. The fourth-order valence-electron chi connectivity index (χ4n) is 5.68. The predicted octanol–water partition coefficient (Wildman–Crippen LogP) is 2.45. The summed E-state index contributed by atoms with van der Waals surface area (Å²) >= 11 is 0. The molecule has 0 aromatic rings. The molecular formula is C16H25NO2. The van der Waals surface area contributed by atoms with Crippen LogP contribution in [0.2, 0.25) is 0 Å². The van der Waals surface area contributed by atoms with E-state index < -0.39 is 0 Å². The smallest absolute Gasteiger partial charge is 0.251 e. The summed E-state index contributed by atoms with van der Waals surface area (Å²) in [5, 5.41) is 0. The molecule has 4 saturated carbocycles. The molecule has 5 rings (SSSR count). The second-order valence-corrected chi connectivity index (χ2v) is 7.37. The molecule has 1 saturated heterocycles. The van der Waals surface area contributed by atoms with E-state index in [1.165, 1.54) is 32.1 Å². The largest absolute Gasteiger partial charge is 0.368 e. The first-order chi connectivity index (χ1) is 9.22. The molecule has 0 N–H and O–H groups in total. The van der Waals surface area contributed by atoms with Gasteiger partial charge in [-0.05, 0) is 68.6 Å². The highest BCUT2D eigenvalue weighted by Gasteiger charge is 2.50. The molecule has 1 aliphatic heterocycles. The van der Waals surface area contributed by atoms with Gasteiger partial charge >= 0.3 is 0 Å². The number of hydrogen-bond donors (Lipinski definition) is 0. The normalized spacial score (nSPS) is 47.6. The molecule has 5 fully saturated rings. The van der Waals surface area contributed by atoms with E-state index in [4.69, 9.17) is 4.74 Å². The molecule has 19 heavy (non-hydrogen) atoms. The van der Waals surface area contributed by atoms with Gasteiger partial charge in [0.15, 0.2) is 0 Å². The highest BCUT2D eigenvalue weighted by Crippen LogP contribution is 2.55. The van der Waals surface area contributed by atoms with E-state index >= 15 is 0 Å². The maximum atomic E-state index is 12.6. The molecule has 3 heteroatoms. The third kappa shape index (κ3) is 1.93. The molecule has 0 spiro atoms. The lowest BCUT2D eigenvalue weighted by Crippen LogP contribution is -2.57. The van der Waals surface area contributed by atoms with Gasteiger partial charge < -0.3 is 9.64 Å². The van der Waals surface area contributed by atoms with Crippen LogP contribution in [-0.4, -0.2) is 36.6 Å². The maximum Gasteiger partial charge on any atom is 0.251 e. The van der Waals surface area contributed by atoms with Gasteiger partial charge in [0, 0.05) is 19.7 Å². The Morgan fingerprint density at radius 3 is 2.21 bits per heavy atom. The minimum atomic E-state index is -0.137. The summed E-state index contributed by atoms with van der Waals surface area (Å²) in [7, 11) is 2.04. The molecule has 1 amide bonds. The van der Waals surface area contributed by atoms with E-state index in [1.807, 2.05) is 7.05 Å². The summed E-state index contributed by atoms with van der Waals surface area (Å²) in [6, 6.07) is 0.518. The quantitative estimate of drug-likeness (QED) is 0.766. The van der Waals surface area contributed by atoms with E-state index in [1.54, 1.807) is 0 Å². The second kappa shape index (κ2) is 4.47. The van der Waals surface area contributed by atoms with Crippen LogP contribution >= 0.6 is 0 Å². The lowest BCUT2D eigenvalue weighted by Gasteiger charge is -2.56. The molecule has 0 radical (unpaired) electrons. The minimum Gasteiger partial charge on any atom is -0.368 e. The van der Waals surface area contributed by atoms with Gasteiger partial charge in [-0.3, -0.25) is 4.79 Å². The van der Waals surface area contributed by atoms with Crippen molar-refractivity contribution >= 4 is 5.91 Å². The Hall–Kier alpha value is -0.570. The predicted molar refractivity (Wildman–Crippen MR) is 72.6 cm³/mol. The van der Waals surface area contributed by atoms with Crippen LogP contribution in [0.1, 0.15) is 44.9 Å². The highest BCUT2D eigenvalue weighted by molar-refractivity contribution is 5.81. The molecule has 5 aliphatic rings. The molecule has 0 unspecified atom stereocenters. The van der Waals surface area contributed by atoms with E-state index in [-0.39, 0.29) is 12.0 Å².